The van der Waals surface area contributed by atoms with Crippen molar-refractivity contribution in [3.63, 3.8) is 0 Å². The summed E-state index contributed by atoms with van der Waals surface area (Å²) in [5.41, 5.74) is 4.94. The highest BCUT2D eigenvalue weighted by Gasteiger charge is 2.65. The lowest BCUT2D eigenvalue weighted by Gasteiger charge is -2.39. The zero-order valence-corrected chi connectivity index (χ0v) is 20.6. The first-order chi connectivity index (χ1) is 15.3. The Kier molecular flexibility index (Phi) is 5.31. The van der Waals surface area contributed by atoms with Crippen molar-refractivity contribution in [1.29, 1.82) is 0 Å². The molecule has 0 unspecified atom stereocenters. The molecule has 4 heteroatoms. The fourth-order valence-corrected chi connectivity index (χ4v) is 7.27. The number of allylic oxidation sites excluding steroid dienone is 2. The topological polar surface area (TPSA) is 37.3 Å². The maximum absolute atomic E-state index is 13.8. The number of Topliss-reactive ketones (excluding diaryl/α,β-unsaturated/α-hetero) is 1. The highest BCUT2D eigenvalue weighted by Crippen LogP contribution is 2.66. The number of fused-ring (bicyclic) bond motifs is 1. The number of carbonyl (C=O) groups is 1. The van der Waals surface area contributed by atoms with Crippen molar-refractivity contribution >= 4 is 29.3 Å². The molecule has 0 saturated heterocycles. The first kappa shape index (κ1) is 21.8. The summed E-state index contributed by atoms with van der Waals surface area (Å²) in [6.07, 6.45) is 1.76. The van der Waals surface area contributed by atoms with E-state index < -0.39 is 11.0 Å². The predicted molar refractivity (Wildman–Crippen MR) is 134 cm³/mol. The minimum Gasteiger partial charge on any atom is -0.381 e. The maximum Gasteiger partial charge on any atom is 0.196 e. The summed E-state index contributed by atoms with van der Waals surface area (Å²) < 4.78 is 0. The third-order valence-electron chi connectivity index (χ3n) is 7.38. The van der Waals surface area contributed by atoms with Crippen LogP contribution in [0.3, 0.4) is 0 Å². The second kappa shape index (κ2) is 7.79. The van der Waals surface area contributed by atoms with Crippen molar-refractivity contribution in [1.82, 2.24) is 0 Å². The summed E-state index contributed by atoms with van der Waals surface area (Å²) in [4.78, 5) is 17.1. The van der Waals surface area contributed by atoms with Gasteiger partial charge < -0.3 is 5.11 Å². The number of carbonyl (C=O) groups excluding carboxylic acids is 1. The molecule has 164 valence electrons. The lowest BCUT2D eigenvalue weighted by atomic mass is 9.67. The molecule has 3 aliphatic rings. The molecule has 2 nitrogen and oxygen atoms in total. The van der Waals surface area contributed by atoms with Gasteiger partial charge in [0.1, 0.15) is 5.60 Å². The van der Waals surface area contributed by atoms with Crippen molar-refractivity contribution in [3.05, 3.63) is 92.9 Å². The number of benzene rings is 2. The van der Waals surface area contributed by atoms with E-state index in [0.29, 0.717) is 0 Å². The number of aliphatic hydroxyl groups is 1. The van der Waals surface area contributed by atoms with E-state index in [2.05, 4.69) is 69.3 Å². The number of rotatable bonds is 5. The van der Waals surface area contributed by atoms with E-state index in [4.69, 9.17) is 0 Å². The van der Waals surface area contributed by atoms with Gasteiger partial charge in [0.25, 0.3) is 0 Å². The Morgan fingerprint density at radius 3 is 2.19 bits per heavy atom. The number of aryl methyl sites for hydroxylation is 1. The molecule has 1 spiro atoms. The number of hydrogen-bond acceptors (Lipinski definition) is 4. The van der Waals surface area contributed by atoms with E-state index in [1.165, 1.54) is 27.2 Å². The van der Waals surface area contributed by atoms with E-state index in [-0.39, 0.29) is 5.78 Å². The van der Waals surface area contributed by atoms with E-state index in [1.54, 1.807) is 18.7 Å². The normalized spacial score (nSPS) is 24.0. The molecule has 32 heavy (non-hydrogen) atoms. The Labute approximate surface area is 198 Å². The zero-order chi connectivity index (χ0) is 22.7. The lowest BCUT2D eigenvalue weighted by Crippen LogP contribution is -2.49. The van der Waals surface area contributed by atoms with Gasteiger partial charge in [0.15, 0.2) is 5.78 Å². The van der Waals surface area contributed by atoms with Gasteiger partial charge in [-0.25, -0.2) is 0 Å². The first-order valence-electron chi connectivity index (χ1n) is 11.1. The molecule has 0 aromatic heterocycles. The molecule has 5 rings (SSSR count). The molecule has 2 aromatic rings. The van der Waals surface area contributed by atoms with Crippen LogP contribution in [-0.4, -0.2) is 22.2 Å². The van der Waals surface area contributed by atoms with Crippen LogP contribution in [-0.2, 0) is 4.79 Å². The largest absolute Gasteiger partial charge is 0.381 e. The highest BCUT2D eigenvalue weighted by atomic mass is 32.2. The van der Waals surface area contributed by atoms with Crippen LogP contribution in [0.25, 0.3) is 0 Å². The summed E-state index contributed by atoms with van der Waals surface area (Å²) >= 11 is 3.46. The van der Waals surface area contributed by atoms with Crippen molar-refractivity contribution in [2.75, 3.05) is 5.75 Å². The third-order valence-corrected chi connectivity index (χ3v) is 9.64. The van der Waals surface area contributed by atoms with Gasteiger partial charge in [0, 0.05) is 31.4 Å². The summed E-state index contributed by atoms with van der Waals surface area (Å²) in [5.74, 6) is 0.708. The molecular formula is C28H28O2S2. The molecule has 0 aliphatic heterocycles. The van der Waals surface area contributed by atoms with Crippen LogP contribution >= 0.6 is 23.5 Å². The van der Waals surface area contributed by atoms with Gasteiger partial charge in [-0.15, -0.1) is 11.8 Å². The second-order valence-corrected chi connectivity index (χ2v) is 11.4. The Morgan fingerprint density at radius 1 is 0.906 bits per heavy atom. The van der Waals surface area contributed by atoms with Crippen molar-refractivity contribution in [3.8, 4) is 0 Å². The van der Waals surface area contributed by atoms with Gasteiger partial charge in [0.2, 0.25) is 0 Å². The maximum atomic E-state index is 13.8. The average molecular weight is 461 g/mol. The first-order valence-corrected chi connectivity index (χ1v) is 12.9. The minimum absolute atomic E-state index is 0.107. The van der Waals surface area contributed by atoms with Crippen LogP contribution in [0.15, 0.2) is 97.2 Å². The number of thioether (sulfide) groups is 2. The molecule has 2 aromatic carbocycles. The van der Waals surface area contributed by atoms with Gasteiger partial charge in [-0.2, -0.15) is 0 Å². The summed E-state index contributed by atoms with van der Waals surface area (Å²) in [5, 5.41) is 11.4. The molecule has 3 aliphatic carbocycles. The lowest BCUT2D eigenvalue weighted by molar-refractivity contribution is -0.137. The molecule has 0 amide bonds. The molecular weight excluding hydrogens is 432 g/mol. The van der Waals surface area contributed by atoms with E-state index >= 15 is 0 Å². The van der Waals surface area contributed by atoms with E-state index in [0.717, 1.165) is 39.5 Å². The van der Waals surface area contributed by atoms with Crippen LogP contribution < -0.4 is 0 Å². The average Bonchev–Trinajstić information content (AvgIpc) is 3.55. The molecule has 0 bridgehead atoms. The minimum atomic E-state index is -1.34. The van der Waals surface area contributed by atoms with Gasteiger partial charge in [-0.05, 0) is 81.5 Å². The second-order valence-electron chi connectivity index (χ2n) is 9.31. The van der Waals surface area contributed by atoms with Crippen LogP contribution in [0.1, 0.15) is 39.2 Å². The fourth-order valence-electron chi connectivity index (χ4n) is 5.16. The Bertz CT molecular complexity index is 1190. The summed E-state index contributed by atoms with van der Waals surface area (Å²) in [6, 6.07) is 18.9. The molecule has 1 N–H and O–H groups in total. The van der Waals surface area contributed by atoms with Crippen molar-refractivity contribution in [2.24, 2.45) is 5.41 Å². The molecule has 0 heterocycles. The van der Waals surface area contributed by atoms with E-state index in [9.17, 15) is 9.90 Å². The van der Waals surface area contributed by atoms with Crippen molar-refractivity contribution in [2.45, 2.75) is 55.9 Å². The Balaban J connectivity index is 1.62. The van der Waals surface area contributed by atoms with Crippen LogP contribution in [0.5, 0.6) is 0 Å². The van der Waals surface area contributed by atoms with Crippen LogP contribution in [0, 0.1) is 12.3 Å². The molecule has 1 fully saturated rings. The van der Waals surface area contributed by atoms with Gasteiger partial charge >= 0.3 is 0 Å². The SMILES string of the molecule is CC1=C(CSc2ccccc2)C2=C(C)C3(CC3)[C@@](C)(O)C(=O)C2=C1Sc1ccc(C)cc1. The van der Waals surface area contributed by atoms with Gasteiger partial charge in [0.05, 0.1) is 0 Å². The number of hydrogen-bond donors (Lipinski definition) is 1. The van der Waals surface area contributed by atoms with Crippen molar-refractivity contribution < 1.29 is 9.90 Å². The zero-order valence-electron chi connectivity index (χ0n) is 19.0. The third kappa shape index (κ3) is 3.27. The fraction of sp³-hybridized carbons (Fsp3) is 0.321. The standard InChI is InChI=1S/C28H28O2S2/c1-17-10-12-21(13-11-17)32-25-18(2)22(16-31-20-8-6-5-7-9-20)23-19(3)28(14-15-28)27(4,30)26(29)24(23)25/h5-13,30H,14-16H2,1-4H3/t27-/m0/s1. The monoisotopic (exact) mass is 460 g/mol. The molecule has 0 radical (unpaired) electrons. The predicted octanol–water partition coefficient (Wildman–Crippen LogP) is 6.89. The Hall–Kier alpha value is -2.01. The summed E-state index contributed by atoms with van der Waals surface area (Å²) in [6.45, 7) is 8.10. The summed E-state index contributed by atoms with van der Waals surface area (Å²) in [7, 11) is 0. The number of ketones is 1. The van der Waals surface area contributed by atoms with Gasteiger partial charge in [-0.3, -0.25) is 4.79 Å². The quantitative estimate of drug-likeness (QED) is 0.493. The molecule has 1 saturated carbocycles. The smallest absolute Gasteiger partial charge is 0.196 e. The van der Waals surface area contributed by atoms with Crippen LogP contribution in [0.2, 0.25) is 0 Å². The highest BCUT2D eigenvalue weighted by molar-refractivity contribution is 8.03. The Morgan fingerprint density at radius 2 is 1.56 bits per heavy atom. The molecule has 1 atom stereocenters. The van der Waals surface area contributed by atoms with E-state index in [1.807, 2.05) is 17.8 Å². The van der Waals surface area contributed by atoms with Gasteiger partial charge in [-0.1, -0.05) is 53.2 Å². The van der Waals surface area contributed by atoms with Crippen LogP contribution in [0.4, 0.5) is 0 Å².